The molecule has 138 valence electrons. The molecule has 0 saturated carbocycles. The molecule has 0 unspecified atom stereocenters. The van der Waals surface area contributed by atoms with Gasteiger partial charge in [0.05, 0.1) is 0 Å². The Bertz CT molecular complexity index is 222. The van der Waals surface area contributed by atoms with Gasteiger partial charge in [0.1, 0.15) is 0 Å². The van der Waals surface area contributed by atoms with Gasteiger partial charge >= 0.3 is 0 Å². The van der Waals surface area contributed by atoms with Gasteiger partial charge in [-0.25, -0.2) is 0 Å². The maximum Gasteiger partial charge on any atom is 0.0465 e. The Morgan fingerprint density at radius 1 is 0.478 bits per heavy atom. The molecule has 1 nitrogen and oxygen atoms in total. The molecule has 0 atom stereocenters. The predicted molar refractivity (Wildman–Crippen MR) is 105 cm³/mol. The van der Waals surface area contributed by atoms with Crippen molar-refractivity contribution in [2.75, 3.05) is 6.61 Å². The highest BCUT2D eigenvalue weighted by Crippen LogP contribution is 2.14. The van der Waals surface area contributed by atoms with Crippen LogP contribution in [0.5, 0.6) is 0 Å². The molecule has 0 rings (SSSR count). The van der Waals surface area contributed by atoms with Crippen LogP contribution in [0.25, 0.3) is 0 Å². The number of hydrogen-bond acceptors (Lipinski definition) is 1. The highest BCUT2D eigenvalue weighted by Gasteiger charge is 1.94. The molecule has 1 N–H and O–H groups in total. The van der Waals surface area contributed by atoms with Gasteiger partial charge < -0.3 is 5.11 Å². The Kier molecular flexibility index (Phi) is 21.4. The van der Waals surface area contributed by atoms with E-state index in [1.165, 1.54) is 109 Å². The predicted octanol–water partition coefficient (Wildman–Crippen LogP) is 7.58. The van der Waals surface area contributed by atoms with Gasteiger partial charge in [-0.3, -0.25) is 0 Å². The molecule has 1 heteroatoms. The van der Waals surface area contributed by atoms with Gasteiger partial charge in [-0.1, -0.05) is 115 Å². The van der Waals surface area contributed by atoms with E-state index in [2.05, 4.69) is 19.1 Å². The zero-order valence-corrected chi connectivity index (χ0v) is 16.0. The zero-order valence-electron chi connectivity index (χ0n) is 16.0. The number of allylic oxidation sites excluding steroid dienone is 1. The van der Waals surface area contributed by atoms with Crippen LogP contribution in [0.15, 0.2) is 12.2 Å². The number of hydrogen-bond donors (Lipinski definition) is 1. The van der Waals surface area contributed by atoms with Gasteiger partial charge in [0.2, 0.25) is 0 Å². The smallest absolute Gasteiger partial charge is 0.0465 e. The lowest BCUT2D eigenvalue weighted by molar-refractivity contribution is 0.302. The van der Waals surface area contributed by atoms with Crippen LogP contribution >= 0.6 is 0 Å². The highest BCUT2D eigenvalue weighted by atomic mass is 16.2. The minimum atomic E-state index is 0.287. The summed E-state index contributed by atoms with van der Waals surface area (Å²) in [6.45, 7) is 2.58. The van der Waals surface area contributed by atoms with Crippen LogP contribution in [0.2, 0.25) is 0 Å². The monoisotopic (exact) mass is 324 g/mol. The molecule has 0 saturated heterocycles. The maximum atomic E-state index is 8.66. The van der Waals surface area contributed by atoms with E-state index >= 15 is 0 Å². The molecule has 0 aliphatic carbocycles. The minimum absolute atomic E-state index is 0.287. The molecule has 0 radical (unpaired) electrons. The van der Waals surface area contributed by atoms with Crippen molar-refractivity contribution in [1.29, 1.82) is 0 Å². The number of rotatable bonds is 19. The van der Waals surface area contributed by atoms with E-state index in [4.69, 9.17) is 5.11 Å². The molecule has 0 aromatic heterocycles. The van der Waals surface area contributed by atoms with Crippen molar-refractivity contribution in [3.8, 4) is 0 Å². The van der Waals surface area contributed by atoms with E-state index in [-0.39, 0.29) is 6.61 Å². The first-order valence-corrected chi connectivity index (χ1v) is 10.7. The summed E-state index contributed by atoms with van der Waals surface area (Å²) >= 11 is 0. The standard InChI is InChI=1S/C22H44O/c1-2-3-4-5-6-7-8-9-10-11-12-13-14-15-16-17-18-19-20-21-22-23/h19-20,23H,2-18,21-22H2,1H3. The first-order valence-electron chi connectivity index (χ1n) is 10.7. The second-order valence-electron chi connectivity index (χ2n) is 7.08. The summed E-state index contributed by atoms with van der Waals surface area (Å²) in [6, 6.07) is 0. The first-order chi connectivity index (χ1) is 11.4. The summed E-state index contributed by atoms with van der Waals surface area (Å²) in [6.07, 6.45) is 29.3. The molecular formula is C22H44O. The fourth-order valence-electron chi connectivity index (χ4n) is 3.12. The average Bonchev–Trinajstić information content (AvgIpc) is 2.57. The summed E-state index contributed by atoms with van der Waals surface area (Å²) in [5, 5.41) is 8.66. The van der Waals surface area contributed by atoms with E-state index in [0.717, 1.165) is 6.42 Å². The van der Waals surface area contributed by atoms with Crippen molar-refractivity contribution in [2.45, 2.75) is 122 Å². The Morgan fingerprint density at radius 3 is 1.22 bits per heavy atom. The van der Waals surface area contributed by atoms with E-state index in [1.807, 2.05) is 0 Å². The third-order valence-corrected chi connectivity index (χ3v) is 4.69. The van der Waals surface area contributed by atoms with Crippen molar-refractivity contribution in [3.63, 3.8) is 0 Å². The fraction of sp³-hybridized carbons (Fsp3) is 0.909. The van der Waals surface area contributed by atoms with Crippen LogP contribution in [0.3, 0.4) is 0 Å². The topological polar surface area (TPSA) is 20.2 Å². The molecule has 23 heavy (non-hydrogen) atoms. The molecule has 0 amide bonds. The SMILES string of the molecule is CCCCCCCCCCCCCCCCCCC=CCCO. The summed E-state index contributed by atoms with van der Waals surface area (Å²) in [4.78, 5) is 0. The third kappa shape index (κ3) is 21.7. The minimum Gasteiger partial charge on any atom is -0.396 e. The molecule has 0 spiro atoms. The zero-order chi connectivity index (χ0) is 16.8. The van der Waals surface area contributed by atoms with E-state index in [0.29, 0.717) is 0 Å². The fourth-order valence-corrected chi connectivity index (χ4v) is 3.12. The second-order valence-corrected chi connectivity index (χ2v) is 7.08. The van der Waals surface area contributed by atoms with Crippen molar-refractivity contribution in [1.82, 2.24) is 0 Å². The summed E-state index contributed by atoms with van der Waals surface area (Å²) in [5.41, 5.74) is 0. The quantitative estimate of drug-likeness (QED) is 0.192. The van der Waals surface area contributed by atoms with Crippen LogP contribution in [0.1, 0.15) is 122 Å². The molecule has 0 aliphatic rings. The van der Waals surface area contributed by atoms with Crippen molar-refractivity contribution < 1.29 is 5.11 Å². The summed E-state index contributed by atoms with van der Waals surface area (Å²) in [7, 11) is 0. The lowest BCUT2D eigenvalue weighted by Crippen LogP contribution is -1.83. The van der Waals surface area contributed by atoms with Gasteiger partial charge in [0, 0.05) is 6.61 Å². The largest absolute Gasteiger partial charge is 0.396 e. The van der Waals surface area contributed by atoms with Crippen molar-refractivity contribution in [3.05, 3.63) is 12.2 Å². The molecule has 0 aliphatic heterocycles. The second kappa shape index (κ2) is 21.7. The molecule has 0 aromatic carbocycles. The van der Waals surface area contributed by atoms with Crippen LogP contribution in [-0.4, -0.2) is 11.7 Å². The van der Waals surface area contributed by atoms with Gasteiger partial charge in [0.15, 0.2) is 0 Å². The van der Waals surface area contributed by atoms with Gasteiger partial charge in [-0.15, -0.1) is 0 Å². The van der Waals surface area contributed by atoms with Gasteiger partial charge in [-0.05, 0) is 19.3 Å². The highest BCUT2D eigenvalue weighted by molar-refractivity contribution is 4.80. The number of aliphatic hydroxyl groups is 1. The Hall–Kier alpha value is -0.300. The van der Waals surface area contributed by atoms with Crippen LogP contribution in [0.4, 0.5) is 0 Å². The van der Waals surface area contributed by atoms with Gasteiger partial charge in [-0.2, -0.15) is 0 Å². The normalized spacial score (nSPS) is 11.6. The first kappa shape index (κ1) is 22.7. The molecule has 0 heterocycles. The Balaban J connectivity index is 2.97. The van der Waals surface area contributed by atoms with Crippen LogP contribution in [0, 0.1) is 0 Å². The van der Waals surface area contributed by atoms with E-state index in [9.17, 15) is 0 Å². The maximum absolute atomic E-state index is 8.66. The van der Waals surface area contributed by atoms with E-state index in [1.54, 1.807) is 0 Å². The summed E-state index contributed by atoms with van der Waals surface area (Å²) in [5.74, 6) is 0. The van der Waals surface area contributed by atoms with Crippen molar-refractivity contribution in [2.24, 2.45) is 0 Å². The molecular weight excluding hydrogens is 280 g/mol. The molecule has 0 fully saturated rings. The Labute approximate surface area is 147 Å². The average molecular weight is 325 g/mol. The Morgan fingerprint density at radius 2 is 0.826 bits per heavy atom. The van der Waals surface area contributed by atoms with Crippen molar-refractivity contribution >= 4 is 0 Å². The summed E-state index contributed by atoms with van der Waals surface area (Å²) < 4.78 is 0. The van der Waals surface area contributed by atoms with Crippen LogP contribution < -0.4 is 0 Å². The lowest BCUT2D eigenvalue weighted by atomic mass is 10.0. The lowest BCUT2D eigenvalue weighted by Gasteiger charge is -2.03. The van der Waals surface area contributed by atoms with E-state index < -0.39 is 0 Å². The molecule has 0 bridgehead atoms. The van der Waals surface area contributed by atoms with Crippen LogP contribution in [-0.2, 0) is 0 Å². The number of unbranched alkanes of at least 4 members (excludes halogenated alkanes) is 16. The molecule has 0 aromatic rings. The third-order valence-electron chi connectivity index (χ3n) is 4.69. The number of aliphatic hydroxyl groups excluding tert-OH is 1. The van der Waals surface area contributed by atoms with Gasteiger partial charge in [0.25, 0.3) is 0 Å².